The molecular weight excluding hydrogens is 263 g/mol. The predicted molar refractivity (Wildman–Crippen MR) is 78.0 cm³/mol. The summed E-state index contributed by atoms with van der Waals surface area (Å²) in [5, 5.41) is 3.66. The van der Waals surface area contributed by atoms with Gasteiger partial charge in [-0.15, -0.1) is 0 Å². The Hall–Kier alpha value is -0.640. The Morgan fingerprint density at radius 3 is 2.95 bits per heavy atom. The molecule has 0 spiro atoms. The molecule has 0 aromatic heterocycles. The lowest BCUT2D eigenvalue weighted by molar-refractivity contribution is 0.209. The Morgan fingerprint density at radius 2 is 2.32 bits per heavy atom. The highest BCUT2D eigenvalue weighted by molar-refractivity contribution is 6.30. The first-order valence-electron chi connectivity index (χ1n) is 7.06. The van der Waals surface area contributed by atoms with Crippen LogP contribution in [0.4, 0.5) is 4.39 Å². The number of nitrogens with one attached hydrogen (secondary N) is 1. The molecule has 0 aliphatic carbocycles. The van der Waals surface area contributed by atoms with E-state index in [-0.39, 0.29) is 10.8 Å². The molecule has 19 heavy (non-hydrogen) atoms. The van der Waals surface area contributed by atoms with E-state index in [4.69, 9.17) is 11.6 Å². The maximum atomic E-state index is 13.1. The summed E-state index contributed by atoms with van der Waals surface area (Å²) in [6.45, 7) is 7.37. The quantitative estimate of drug-likeness (QED) is 0.892. The van der Waals surface area contributed by atoms with Gasteiger partial charge < -0.3 is 5.32 Å². The third-order valence-corrected chi connectivity index (χ3v) is 4.04. The summed E-state index contributed by atoms with van der Waals surface area (Å²) < 4.78 is 13.1. The summed E-state index contributed by atoms with van der Waals surface area (Å²) in [5.74, 6) is 0.384. The third-order valence-electron chi connectivity index (χ3n) is 3.75. The van der Waals surface area contributed by atoms with Gasteiger partial charge in [0.1, 0.15) is 5.82 Å². The van der Waals surface area contributed by atoms with Crippen molar-refractivity contribution >= 4 is 11.6 Å². The Balaban J connectivity index is 1.92. The summed E-state index contributed by atoms with van der Waals surface area (Å²) in [5.41, 5.74) is 1.08. The van der Waals surface area contributed by atoms with Crippen molar-refractivity contribution in [3.63, 3.8) is 0 Å². The molecule has 1 unspecified atom stereocenters. The van der Waals surface area contributed by atoms with Crippen LogP contribution >= 0.6 is 11.6 Å². The number of benzene rings is 1. The molecule has 0 bridgehead atoms. The van der Waals surface area contributed by atoms with Gasteiger partial charge in [0, 0.05) is 13.1 Å². The van der Waals surface area contributed by atoms with Gasteiger partial charge in [-0.2, -0.15) is 0 Å². The number of rotatable bonds is 5. The van der Waals surface area contributed by atoms with Crippen LogP contribution in [0.2, 0.25) is 5.02 Å². The number of hydrogen-bond acceptors (Lipinski definition) is 2. The fraction of sp³-hybridized carbons (Fsp3) is 0.600. The summed E-state index contributed by atoms with van der Waals surface area (Å²) in [7, 11) is 0. The minimum Gasteiger partial charge on any atom is -0.316 e. The van der Waals surface area contributed by atoms with Gasteiger partial charge in [0.15, 0.2) is 0 Å². The smallest absolute Gasteiger partial charge is 0.141 e. The third kappa shape index (κ3) is 4.44. The van der Waals surface area contributed by atoms with Crippen molar-refractivity contribution < 1.29 is 4.39 Å². The van der Waals surface area contributed by atoms with E-state index in [0.29, 0.717) is 0 Å². The zero-order chi connectivity index (χ0) is 13.7. The number of halogens is 2. The second-order valence-electron chi connectivity index (χ2n) is 5.29. The Morgan fingerprint density at radius 1 is 1.47 bits per heavy atom. The predicted octanol–water partition coefficient (Wildman–Crippen LogP) is 3.30. The average molecular weight is 285 g/mol. The molecule has 1 aliphatic rings. The van der Waals surface area contributed by atoms with Crippen LogP contribution < -0.4 is 5.32 Å². The highest BCUT2D eigenvalue weighted by Crippen LogP contribution is 2.18. The van der Waals surface area contributed by atoms with Crippen molar-refractivity contribution in [3.8, 4) is 0 Å². The summed E-state index contributed by atoms with van der Waals surface area (Å²) in [6.07, 6.45) is 2.57. The molecule has 0 amide bonds. The molecule has 1 atom stereocenters. The molecule has 1 saturated heterocycles. The fourth-order valence-electron chi connectivity index (χ4n) is 2.65. The molecule has 0 saturated carbocycles. The summed E-state index contributed by atoms with van der Waals surface area (Å²) in [6, 6.07) is 5.01. The van der Waals surface area contributed by atoms with Crippen molar-refractivity contribution in [1.29, 1.82) is 0 Å². The van der Waals surface area contributed by atoms with Gasteiger partial charge in [0.05, 0.1) is 5.02 Å². The Labute approximate surface area is 119 Å². The van der Waals surface area contributed by atoms with Gasteiger partial charge in [-0.1, -0.05) is 24.6 Å². The molecule has 1 N–H and O–H groups in total. The Bertz CT molecular complexity index is 405. The molecule has 2 nitrogen and oxygen atoms in total. The van der Waals surface area contributed by atoms with E-state index in [0.717, 1.165) is 44.2 Å². The standard InChI is InChI=1S/C15H22ClFN2/c1-2-19(11-13-4-3-7-18-9-13)10-12-5-6-15(17)14(16)8-12/h5-6,8,13,18H,2-4,7,9-11H2,1H3. The topological polar surface area (TPSA) is 15.3 Å². The maximum Gasteiger partial charge on any atom is 0.141 e. The first-order valence-corrected chi connectivity index (χ1v) is 7.44. The number of nitrogens with zero attached hydrogens (tertiary/aromatic N) is 1. The highest BCUT2D eigenvalue weighted by atomic mass is 35.5. The second-order valence-corrected chi connectivity index (χ2v) is 5.70. The summed E-state index contributed by atoms with van der Waals surface area (Å²) in [4.78, 5) is 2.40. The maximum absolute atomic E-state index is 13.1. The lowest BCUT2D eigenvalue weighted by Crippen LogP contribution is -2.38. The lowest BCUT2D eigenvalue weighted by Gasteiger charge is -2.29. The van der Waals surface area contributed by atoms with E-state index in [2.05, 4.69) is 17.1 Å². The van der Waals surface area contributed by atoms with Crippen LogP contribution in [0, 0.1) is 11.7 Å². The molecule has 0 radical (unpaired) electrons. The number of hydrogen-bond donors (Lipinski definition) is 1. The average Bonchev–Trinajstić information content (AvgIpc) is 2.43. The molecule has 1 aromatic carbocycles. The molecule has 4 heteroatoms. The number of piperidine rings is 1. The fourth-order valence-corrected chi connectivity index (χ4v) is 2.85. The van der Waals surface area contributed by atoms with Gasteiger partial charge in [-0.3, -0.25) is 4.90 Å². The van der Waals surface area contributed by atoms with Crippen LogP contribution in [0.1, 0.15) is 25.3 Å². The lowest BCUT2D eigenvalue weighted by atomic mass is 9.99. The van der Waals surface area contributed by atoms with E-state index < -0.39 is 0 Å². The molecule has 1 fully saturated rings. The van der Waals surface area contributed by atoms with Gasteiger partial charge in [0.2, 0.25) is 0 Å². The van der Waals surface area contributed by atoms with Crippen molar-refractivity contribution in [1.82, 2.24) is 10.2 Å². The van der Waals surface area contributed by atoms with Gasteiger partial charge in [-0.25, -0.2) is 4.39 Å². The van der Waals surface area contributed by atoms with Crippen LogP contribution in [-0.4, -0.2) is 31.1 Å². The van der Waals surface area contributed by atoms with Gasteiger partial charge >= 0.3 is 0 Å². The zero-order valence-electron chi connectivity index (χ0n) is 11.5. The van der Waals surface area contributed by atoms with Crippen LogP contribution in [0.3, 0.4) is 0 Å². The second kappa shape index (κ2) is 7.22. The van der Waals surface area contributed by atoms with Crippen molar-refractivity contribution in [2.45, 2.75) is 26.3 Å². The van der Waals surface area contributed by atoms with Crippen LogP contribution in [0.5, 0.6) is 0 Å². The minimum absolute atomic E-state index is 0.216. The first kappa shape index (κ1) is 14.8. The largest absolute Gasteiger partial charge is 0.316 e. The molecule has 1 aromatic rings. The van der Waals surface area contributed by atoms with Crippen LogP contribution in [-0.2, 0) is 6.54 Å². The first-order chi connectivity index (χ1) is 9.19. The van der Waals surface area contributed by atoms with Crippen molar-refractivity contribution in [2.75, 3.05) is 26.2 Å². The molecular formula is C15H22ClFN2. The molecule has 1 aliphatic heterocycles. The van der Waals surface area contributed by atoms with E-state index in [1.807, 2.05) is 6.07 Å². The zero-order valence-corrected chi connectivity index (χ0v) is 12.2. The van der Waals surface area contributed by atoms with Crippen LogP contribution in [0.15, 0.2) is 18.2 Å². The molecule has 1 heterocycles. The van der Waals surface area contributed by atoms with E-state index in [1.165, 1.54) is 18.9 Å². The van der Waals surface area contributed by atoms with Gasteiger partial charge in [0.25, 0.3) is 0 Å². The molecule has 106 valence electrons. The minimum atomic E-state index is -0.343. The Kier molecular flexibility index (Phi) is 5.61. The normalized spacial score (nSPS) is 19.9. The molecule has 2 rings (SSSR count). The van der Waals surface area contributed by atoms with E-state index in [1.54, 1.807) is 6.07 Å². The highest BCUT2D eigenvalue weighted by Gasteiger charge is 2.16. The summed E-state index contributed by atoms with van der Waals surface area (Å²) >= 11 is 5.83. The SMILES string of the molecule is CCN(Cc1ccc(F)c(Cl)c1)CC1CCCNC1. The monoisotopic (exact) mass is 284 g/mol. The van der Waals surface area contributed by atoms with E-state index in [9.17, 15) is 4.39 Å². The van der Waals surface area contributed by atoms with Crippen molar-refractivity contribution in [2.24, 2.45) is 5.92 Å². The van der Waals surface area contributed by atoms with E-state index >= 15 is 0 Å². The van der Waals surface area contributed by atoms with Crippen LogP contribution in [0.25, 0.3) is 0 Å². The van der Waals surface area contributed by atoms with Crippen molar-refractivity contribution in [3.05, 3.63) is 34.6 Å². The van der Waals surface area contributed by atoms with Gasteiger partial charge in [-0.05, 0) is 56.1 Å².